The maximum atomic E-state index is 4.91. The Kier molecular flexibility index (Phi) is 3.68. The summed E-state index contributed by atoms with van der Waals surface area (Å²) in [5, 5.41) is 0. The number of para-hydroxylation sites is 1. The number of rotatable bonds is 3. The van der Waals surface area contributed by atoms with Crippen molar-refractivity contribution in [2.24, 2.45) is 0 Å². The van der Waals surface area contributed by atoms with Crippen molar-refractivity contribution in [3.63, 3.8) is 0 Å². The van der Waals surface area contributed by atoms with Crippen LogP contribution >= 0.6 is 0 Å². The van der Waals surface area contributed by atoms with Crippen molar-refractivity contribution >= 4 is 11.5 Å². The summed E-state index contributed by atoms with van der Waals surface area (Å²) in [6.45, 7) is 8.42. The molecule has 1 aliphatic carbocycles. The minimum absolute atomic E-state index is 0.610. The van der Waals surface area contributed by atoms with Gasteiger partial charge < -0.3 is 9.80 Å². The van der Waals surface area contributed by atoms with Crippen molar-refractivity contribution in [1.82, 2.24) is 9.97 Å². The molecule has 120 valence electrons. The quantitative estimate of drug-likeness (QED) is 0.871. The van der Waals surface area contributed by atoms with Gasteiger partial charge in [-0.15, -0.1) is 0 Å². The van der Waals surface area contributed by atoms with Gasteiger partial charge in [-0.2, -0.15) is 0 Å². The van der Waals surface area contributed by atoms with Crippen LogP contribution < -0.4 is 9.80 Å². The maximum absolute atomic E-state index is 4.91. The molecule has 2 aromatic rings. The van der Waals surface area contributed by atoms with Gasteiger partial charge >= 0.3 is 0 Å². The van der Waals surface area contributed by atoms with Crippen molar-refractivity contribution in [3.05, 3.63) is 47.4 Å². The summed E-state index contributed by atoms with van der Waals surface area (Å²) < 4.78 is 0. The Morgan fingerprint density at radius 2 is 1.52 bits per heavy atom. The van der Waals surface area contributed by atoms with E-state index in [2.05, 4.69) is 54.0 Å². The summed E-state index contributed by atoms with van der Waals surface area (Å²) >= 11 is 0. The number of hydrogen-bond donors (Lipinski definition) is 0. The van der Waals surface area contributed by atoms with E-state index in [1.807, 2.05) is 0 Å². The highest BCUT2D eigenvalue weighted by Crippen LogP contribution is 2.39. The van der Waals surface area contributed by atoms with Crippen molar-refractivity contribution < 1.29 is 0 Å². The van der Waals surface area contributed by atoms with Crippen molar-refractivity contribution in [1.29, 1.82) is 0 Å². The first-order chi connectivity index (χ1) is 11.2. The fourth-order valence-corrected chi connectivity index (χ4v) is 3.28. The molecule has 0 N–H and O–H groups in total. The summed E-state index contributed by atoms with van der Waals surface area (Å²) in [7, 11) is 0. The smallest absolute Gasteiger partial charge is 0.135 e. The number of aromatic nitrogens is 2. The summed E-state index contributed by atoms with van der Waals surface area (Å²) in [5.41, 5.74) is 3.70. The zero-order chi connectivity index (χ0) is 15.8. The molecule has 2 aliphatic rings. The third-order valence-electron chi connectivity index (χ3n) is 5.02. The molecule has 2 fully saturated rings. The lowest BCUT2D eigenvalue weighted by Gasteiger charge is -2.37. The fourth-order valence-electron chi connectivity index (χ4n) is 3.28. The molecular formula is C19H24N4. The standard InChI is InChI=1S/C19H24N4/c1-14-15(2)20-18(16-8-9-16)21-19(14)23-12-10-22(11-13-23)17-6-4-3-5-7-17/h3-7,16H,8-13H2,1-2H3. The molecule has 0 spiro atoms. The van der Waals surface area contributed by atoms with E-state index >= 15 is 0 Å². The van der Waals surface area contributed by atoms with E-state index in [0.29, 0.717) is 5.92 Å². The number of anilines is 2. The Labute approximate surface area is 138 Å². The Morgan fingerprint density at radius 3 is 2.17 bits per heavy atom. The van der Waals surface area contributed by atoms with E-state index in [9.17, 15) is 0 Å². The Morgan fingerprint density at radius 1 is 0.870 bits per heavy atom. The first kappa shape index (κ1) is 14.5. The van der Waals surface area contributed by atoms with E-state index in [-0.39, 0.29) is 0 Å². The minimum atomic E-state index is 0.610. The first-order valence-electron chi connectivity index (χ1n) is 8.62. The van der Waals surface area contributed by atoms with Gasteiger partial charge in [0.25, 0.3) is 0 Å². The van der Waals surface area contributed by atoms with Crippen LogP contribution in [-0.2, 0) is 0 Å². The second-order valence-corrected chi connectivity index (χ2v) is 6.70. The number of piperazine rings is 1. The van der Waals surface area contributed by atoms with Crippen LogP contribution in [0.2, 0.25) is 0 Å². The van der Waals surface area contributed by atoms with Gasteiger partial charge in [0.15, 0.2) is 0 Å². The molecule has 0 atom stereocenters. The van der Waals surface area contributed by atoms with E-state index in [1.54, 1.807) is 0 Å². The molecule has 0 bridgehead atoms. The summed E-state index contributed by atoms with van der Waals surface area (Å²) in [6, 6.07) is 10.7. The molecule has 1 aromatic carbocycles. The van der Waals surface area contributed by atoms with Crippen LogP contribution in [0.5, 0.6) is 0 Å². The van der Waals surface area contributed by atoms with E-state index in [1.165, 1.54) is 24.1 Å². The Hall–Kier alpha value is -2.10. The topological polar surface area (TPSA) is 32.3 Å². The van der Waals surface area contributed by atoms with Crippen molar-refractivity contribution in [2.75, 3.05) is 36.0 Å². The molecule has 1 aromatic heterocycles. The zero-order valence-corrected chi connectivity index (χ0v) is 14.0. The average molecular weight is 308 g/mol. The third-order valence-corrected chi connectivity index (χ3v) is 5.02. The highest BCUT2D eigenvalue weighted by Gasteiger charge is 2.29. The molecule has 23 heavy (non-hydrogen) atoms. The van der Waals surface area contributed by atoms with E-state index in [4.69, 9.17) is 9.97 Å². The second kappa shape index (κ2) is 5.84. The van der Waals surface area contributed by atoms with Crippen LogP contribution in [0.3, 0.4) is 0 Å². The second-order valence-electron chi connectivity index (χ2n) is 6.70. The van der Waals surface area contributed by atoms with Crippen LogP contribution in [0.25, 0.3) is 0 Å². The van der Waals surface area contributed by atoms with E-state index in [0.717, 1.165) is 43.5 Å². The molecule has 1 saturated heterocycles. The molecule has 0 amide bonds. The summed E-state index contributed by atoms with van der Waals surface area (Å²) in [5.74, 6) is 2.83. The molecule has 2 heterocycles. The predicted molar refractivity (Wildman–Crippen MR) is 94.3 cm³/mol. The van der Waals surface area contributed by atoms with Gasteiger partial charge in [-0.1, -0.05) is 18.2 Å². The van der Waals surface area contributed by atoms with Crippen molar-refractivity contribution in [3.8, 4) is 0 Å². The largest absolute Gasteiger partial charge is 0.368 e. The predicted octanol–water partition coefficient (Wildman–Crippen LogP) is 3.30. The Bertz CT molecular complexity index is 686. The van der Waals surface area contributed by atoms with Crippen LogP contribution in [-0.4, -0.2) is 36.1 Å². The lowest BCUT2D eigenvalue weighted by atomic mass is 10.2. The average Bonchev–Trinajstić information content (AvgIpc) is 3.43. The molecule has 4 heteroatoms. The van der Waals surface area contributed by atoms with Crippen LogP contribution in [0.1, 0.15) is 35.8 Å². The van der Waals surface area contributed by atoms with Crippen LogP contribution in [0, 0.1) is 13.8 Å². The molecule has 1 aliphatic heterocycles. The van der Waals surface area contributed by atoms with E-state index < -0.39 is 0 Å². The minimum Gasteiger partial charge on any atom is -0.368 e. The van der Waals surface area contributed by atoms with Gasteiger partial charge in [-0.25, -0.2) is 9.97 Å². The summed E-state index contributed by atoms with van der Waals surface area (Å²) in [6.07, 6.45) is 2.51. The highest BCUT2D eigenvalue weighted by atomic mass is 15.3. The van der Waals surface area contributed by atoms with Gasteiger partial charge in [0.1, 0.15) is 11.6 Å². The van der Waals surface area contributed by atoms with Gasteiger partial charge in [0.05, 0.1) is 0 Å². The molecule has 1 saturated carbocycles. The maximum Gasteiger partial charge on any atom is 0.135 e. The lowest BCUT2D eigenvalue weighted by Crippen LogP contribution is -2.47. The normalized spacial score (nSPS) is 18.3. The SMILES string of the molecule is Cc1nc(C2CC2)nc(N2CCN(c3ccccc3)CC2)c1C. The zero-order valence-electron chi connectivity index (χ0n) is 14.0. The number of benzene rings is 1. The van der Waals surface area contributed by atoms with Gasteiger partial charge in [-0.3, -0.25) is 0 Å². The highest BCUT2D eigenvalue weighted by molar-refractivity contribution is 5.52. The van der Waals surface area contributed by atoms with Gasteiger partial charge in [0, 0.05) is 49.0 Å². The summed E-state index contributed by atoms with van der Waals surface area (Å²) in [4.78, 5) is 14.5. The van der Waals surface area contributed by atoms with Crippen molar-refractivity contribution in [2.45, 2.75) is 32.6 Å². The molecule has 0 unspecified atom stereocenters. The number of nitrogens with zero attached hydrogens (tertiary/aromatic N) is 4. The molecule has 4 nitrogen and oxygen atoms in total. The third kappa shape index (κ3) is 2.90. The number of aryl methyl sites for hydroxylation is 1. The van der Waals surface area contributed by atoms with Crippen LogP contribution in [0.4, 0.5) is 11.5 Å². The monoisotopic (exact) mass is 308 g/mol. The fraction of sp³-hybridized carbons (Fsp3) is 0.474. The first-order valence-corrected chi connectivity index (χ1v) is 8.62. The molecule has 4 rings (SSSR count). The Balaban J connectivity index is 1.52. The van der Waals surface area contributed by atoms with Crippen LogP contribution in [0.15, 0.2) is 30.3 Å². The molecular weight excluding hydrogens is 284 g/mol. The van der Waals surface area contributed by atoms with Gasteiger partial charge in [-0.05, 0) is 38.8 Å². The number of hydrogen-bond acceptors (Lipinski definition) is 4. The molecule has 0 radical (unpaired) electrons. The lowest BCUT2D eigenvalue weighted by molar-refractivity contribution is 0.642. The van der Waals surface area contributed by atoms with Gasteiger partial charge in [0.2, 0.25) is 0 Å².